The predicted molar refractivity (Wildman–Crippen MR) is 55.0 cm³/mol. The number of hydrogen-bond donors (Lipinski definition) is 1. The molecule has 66 valence electrons. The number of rotatable bonds is 0. The minimum absolute atomic E-state index is 0.612. The second-order valence-corrected chi connectivity index (χ2v) is 3.38. The Morgan fingerprint density at radius 1 is 1.54 bits per heavy atom. The van der Waals surface area contributed by atoms with Crippen molar-refractivity contribution in [2.45, 2.75) is 6.92 Å². The molecule has 2 N–H and O–H groups in total. The second-order valence-electron chi connectivity index (χ2n) is 2.53. The fourth-order valence-electron chi connectivity index (χ4n) is 0.872. The van der Waals surface area contributed by atoms with E-state index in [0.29, 0.717) is 0 Å². The van der Waals surface area contributed by atoms with Crippen LogP contribution in [0.15, 0.2) is 22.7 Å². The first kappa shape index (κ1) is 9.82. The molecule has 0 radical (unpaired) electrons. The van der Waals surface area contributed by atoms with Gasteiger partial charge in [-0.15, -0.1) is 0 Å². The van der Waals surface area contributed by atoms with E-state index in [1.165, 1.54) is 0 Å². The first-order valence-electron chi connectivity index (χ1n) is 3.68. The summed E-state index contributed by atoms with van der Waals surface area (Å²) in [5.41, 5.74) is 6.73. The third kappa shape index (κ3) is 2.60. The zero-order chi connectivity index (χ0) is 9.84. The van der Waals surface area contributed by atoms with Gasteiger partial charge in [0.1, 0.15) is 0 Å². The molecule has 3 heteroatoms. The van der Waals surface area contributed by atoms with Gasteiger partial charge in [-0.2, -0.15) is 0 Å². The minimum Gasteiger partial charge on any atom is -0.359 e. The van der Waals surface area contributed by atoms with Gasteiger partial charge in [0.25, 0.3) is 5.91 Å². The summed E-state index contributed by atoms with van der Waals surface area (Å²) in [7, 11) is 0. The van der Waals surface area contributed by atoms with Crippen LogP contribution >= 0.6 is 15.9 Å². The van der Waals surface area contributed by atoms with Gasteiger partial charge >= 0.3 is 0 Å². The van der Waals surface area contributed by atoms with Crippen LogP contribution in [0, 0.1) is 18.8 Å². The van der Waals surface area contributed by atoms with E-state index in [0.717, 1.165) is 15.6 Å². The van der Waals surface area contributed by atoms with Crippen molar-refractivity contribution < 1.29 is 4.79 Å². The van der Waals surface area contributed by atoms with Crippen LogP contribution in [0.1, 0.15) is 11.1 Å². The van der Waals surface area contributed by atoms with E-state index in [1.54, 1.807) is 0 Å². The van der Waals surface area contributed by atoms with Crippen molar-refractivity contribution in [2.24, 2.45) is 5.73 Å². The average Bonchev–Trinajstić information content (AvgIpc) is 2.07. The van der Waals surface area contributed by atoms with Gasteiger partial charge in [0.2, 0.25) is 0 Å². The van der Waals surface area contributed by atoms with Crippen molar-refractivity contribution in [3.05, 3.63) is 33.8 Å². The molecule has 0 unspecified atom stereocenters. The fraction of sp³-hybridized carbons (Fsp3) is 0.100. The molecule has 13 heavy (non-hydrogen) atoms. The summed E-state index contributed by atoms with van der Waals surface area (Å²) in [4.78, 5) is 10.4. The highest BCUT2D eigenvalue weighted by atomic mass is 79.9. The van der Waals surface area contributed by atoms with Gasteiger partial charge in [0.05, 0.1) is 0 Å². The smallest absolute Gasteiger partial charge is 0.293 e. The lowest BCUT2D eigenvalue weighted by Gasteiger charge is -1.99. The van der Waals surface area contributed by atoms with Crippen molar-refractivity contribution in [2.75, 3.05) is 0 Å². The van der Waals surface area contributed by atoms with Crippen LogP contribution in [0.3, 0.4) is 0 Å². The molecule has 0 saturated heterocycles. The van der Waals surface area contributed by atoms with Gasteiger partial charge in [-0.3, -0.25) is 4.79 Å². The molecule has 0 heterocycles. The summed E-state index contributed by atoms with van der Waals surface area (Å²) in [6, 6.07) is 5.63. The zero-order valence-corrected chi connectivity index (χ0v) is 8.68. The Morgan fingerprint density at radius 3 is 2.85 bits per heavy atom. The van der Waals surface area contributed by atoms with Crippen molar-refractivity contribution >= 4 is 21.8 Å². The van der Waals surface area contributed by atoms with Gasteiger partial charge < -0.3 is 5.73 Å². The largest absolute Gasteiger partial charge is 0.359 e. The van der Waals surface area contributed by atoms with Crippen LogP contribution in [-0.4, -0.2) is 5.91 Å². The molecule has 0 bridgehead atoms. The van der Waals surface area contributed by atoms with Crippen molar-refractivity contribution in [1.82, 2.24) is 0 Å². The Balaban J connectivity index is 3.11. The summed E-state index contributed by atoms with van der Waals surface area (Å²) in [5, 5.41) is 0. The molecule has 0 aliphatic rings. The Bertz CT molecular complexity index is 401. The number of carbonyl (C=O) groups is 1. The van der Waals surface area contributed by atoms with Crippen molar-refractivity contribution in [1.29, 1.82) is 0 Å². The molecule has 1 amide bonds. The van der Waals surface area contributed by atoms with Crippen LogP contribution < -0.4 is 5.73 Å². The van der Waals surface area contributed by atoms with Crippen LogP contribution in [0.2, 0.25) is 0 Å². The number of nitrogens with two attached hydrogens (primary N) is 1. The monoisotopic (exact) mass is 237 g/mol. The molecule has 0 atom stereocenters. The highest BCUT2D eigenvalue weighted by Gasteiger charge is 1.97. The van der Waals surface area contributed by atoms with E-state index < -0.39 is 5.91 Å². The molecule has 2 nitrogen and oxygen atoms in total. The molecule has 1 rings (SSSR count). The third-order valence-electron chi connectivity index (χ3n) is 1.59. The van der Waals surface area contributed by atoms with Crippen LogP contribution in [0.5, 0.6) is 0 Å². The van der Waals surface area contributed by atoms with Crippen molar-refractivity contribution in [3.63, 3.8) is 0 Å². The van der Waals surface area contributed by atoms with E-state index in [1.807, 2.05) is 25.1 Å². The summed E-state index contributed by atoms with van der Waals surface area (Å²) in [6.45, 7) is 1.93. The molecule has 0 fully saturated rings. The Morgan fingerprint density at radius 2 is 2.23 bits per heavy atom. The minimum atomic E-state index is -0.612. The number of amides is 1. The fourth-order valence-corrected chi connectivity index (χ4v) is 1.24. The third-order valence-corrected chi connectivity index (χ3v) is 2.45. The van der Waals surface area contributed by atoms with E-state index >= 15 is 0 Å². The average molecular weight is 238 g/mol. The molecular formula is C10H8BrNO. The quantitative estimate of drug-likeness (QED) is 0.685. The number of halogens is 1. The number of hydrogen-bond acceptors (Lipinski definition) is 1. The molecule has 0 saturated carbocycles. The molecule has 1 aromatic rings. The first-order valence-corrected chi connectivity index (χ1v) is 4.47. The first-order chi connectivity index (χ1) is 6.11. The van der Waals surface area contributed by atoms with E-state index in [4.69, 9.17) is 5.73 Å². The number of benzene rings is 1. The standard InChI is InChI=1S/C10H8BrNO/c1-7-8(5-6-10(12)13)3-2-4-9(7)11/h2-4H,1H3,(H2,12,13). The topological polar surface area (TPSA) is 43.1 Å². The summed E-state index contributed by atoms with van der Waals surface area (Å²) >= 11 is 3.37. The van der Waals surface area contributed by atoms with Gasteiger partial charge in [0.15, 0.2) is 0 Å². The van der Waals surface area contributed by atoms with E-state index in [9.17, 15) is 4.79 Å². The maximum absolute atomic E-state index is 10.4. The second kappa shape index (κ2) is 4.11. The molecule has 0 aromatic heterocycles. The maximum Gasteiger partial charge on any atom is 0.293 e. The van der Waals surface area contributed by atoms with Gasteiger partial charge in [0, 0.05) is 10.0 Å². The number of carbonyl (C=O) groups excluding carboxylic acids is 1. The van der Waals surface area contributed by atoms with E-state index in [-0.39, 0.29) is 0 Å². The zero-order valence-electron chi connectivity index (χ0n) is 7.10. The van der Waals surface area contributed by atoms with E-state index in [2.05, 4.69) is 27.8 Å². The molecule has 0 aliphatic heterocycles. The maximum atomic E-state index is 10.4. The van der Waals surface area contributed by atoms with Crippen LogP contribution in [0.4, 0.5) is 0 Å². The van der Waals surface area contributed by atoms with Gasteiger partial charge in [-0.1, -0.05) is 27.9 Å². The summed E-state index contributed by atoms with van der Waals surface area (Å²) < 4.78 is 0.976. The van der Waals surface area contributed by atoms with Gasteiger partial charge in [-0.05, 0) is 30.5 Å². The molecular weight excluding hydrogens is 230 g/mol. The van der Waals surface area contributed by atoms with Gasteiger partial charge in [-0.25, -0.2) is 0 Å². The molecule has 0 spiro atoms. The van der Waals surface area contributed by atoms with Crippen molar-refractivity contribution in [3.8, 4) is 11.8 Å². The lowest BCUT2D eigenvalue weighted by atomic mass is 10.1. The highest BCUT2D eigenvalue weighted by Crippen LogP contribution is 2.18. The Labute approximate surface area is 85.3 Å². The molecule has 0 aliphatic carbocycles. The number of primary amides is 1. The normalized spacial score (nSPS) is 8.77. The Kier molecular flexibility index (Phi) is 3.10. The lowest BCUT2D eigenvalue weighted by Crippen LogP contribution is -2.06. The SMILES string of the molecule is Cc1c(Br)cccc1C#CC(N)=O. The summed E-state index contributed by atoms with van der Waals surface area (Å²) in [5.74, 6) is 4.38. The summed E-state index contributed by atoms with van der Waals surface area (Å²) in [6.07, 6.45) is 0. The molecule has 1 aromatic carbocycles. The van der Waals surface area contributed by atoms with Crippen LogP contribution in [0.25, 0.3) is 0 Å². The van der Waals surface area contributed by atoms with Crippen LogP contribution in [-0.2, 0) is 4.79 Å². The predicted octanol–water partition coefficient (Wildman–Crippen LogP) is 1.59. The Hall–Kier alpha value is -1.27. The lowest BCUT2D eigenvalue weighted by molar-refractivity contribution is -0.112. The highest BCUT2D eigenvalue weighted by molar-refractivity contribution is 9.10.